The minimum absolute atomic E-state index is 0.00214. The third-order valence-electron chi connectivity index (χ3n) is 2.99. The molecule has 0 atom stereocenters. The summed E-state index contributed by atoms with van der Waals surface area (Å²) in [5.74, 6) is 0. The van der Waals surface area contributed by atoms with Crippen LogP contribution in [0.15, 0.2) is 17.0 Å². The maximum absolute atomic E-state index is 12.5. The minimum Gasteiger partial charge on any atom is -0.398 e. The monoisotopic (exact) mass is 286 g/mol. The van der Waals surface area contributed by atoms with E-state index in [2.05, 4.69) is 0 Å². The maximum Gasteiger partial charge on any atom is 0.245 e. The van der Waals surface area contributed by atoms with Gasteiger partial charge in [-0.3, -0.25) is 0 Å². The van der Waals surface area contributed by atoms with Crippen molar-refractivity contribution in [1.29, 1.82) is 0 Å². The van der Waals surface area contributed by atoms with Crippen molar-refractivity contribution in [3.8, 4) is 0 Å². The first kappa shape index (κ1) is 15.9. The summed E-state index contributed by atoms with van der Waals surface area (Å²) in [6.45, 7) is 6.69. The molecule has 0 aliphatic heterocycles. The van der Waals surface area contributed by atoms with E-state index in [0.29, 0.717) is 5.56 Å². The third-order valence-corrected chi connectivity index (χ3v) is 4.99. The number of nitrogens with two attached hydrogens (primary N) is 1. The fourth-order valence-electron chi connectivity index (χ4n) is 1.94. The number of rotatable bonds is 4. The van der Waals surface area contributed by atoms with Crippen LogP contribution in [-0.2, 0) is 10.0 Å². The van der Waals surface area contributed by atoms with Crippen LogP contribution in [0.1, 0.15) is 25.0 Å². The van der Waals surface area contributed by atoms with Crippen LogP contribution in [0.5, 0.6) is 0 Å². The molecule has 0 saturated heterocycles. The van der Waals surface area contributed by atoms with Crippen molar-refractivity contribution < 1.29 is 13.5 Å². The fourth-order valence-corrected chi connectivity index (χ4v) is 3.65. The number of aryl methyl sites for hydroxylation is 1. The van der Waals surface area contributed by atoms with Gasteiger partial charge in [0.15, 0.2) is 0 Å². The Balaban J connectivity index is 3.33. The second kappa shape index (κ2) is 5.11. The first-order valence-corrected chi connectivity index (χ1v) is 7.45. The topological polar surface area (TPSA) is 83.6 Å². The Hall–Kier alpha value is -1.11. The largest absolute Gasteiger partial charge is 0.398 e. The van der Waals surface area contributed by atoms with Gasteiger partial charge in [-0.25, -0.2) is 8.42 Å². The molecule has 1 aromatic rings. The number of likely N-dealkylation sites (N-methyl/N-ethyl adjacent to an activating group) is 1. The first-order chi connectivity index (χ1) is 8.47. The van der Waals surface area contributed by atoms with Crippen LogP contribution in [0.2, 0.25) is 0 Å². The molecule has 0 fully saturated rings. The molecule has 0 bridgehead atoms. The van der Waals surface area contributed by atoms with Crippen LogP contribution in [0, 0.1) is 13.8 Å². The zero-order chi connectivity index (χ0) is 15.0. The average Bonchev–Trinajstić information content (AvgIpc) is 2.21. The molecule has 6 heteroatoms. The zero-order valence-electron chi connectivity index (χ0n) is 12.1. The quantitative estimate of drug-likeness (QED) is 0.817. The van der Waals surface area contributed by atoms with Gasteiger partial charge in [-0.05, 0) is 44.9 Å². The second-order valence-electron chi connectivity index (χ2n) is 5.50. The molecule has 0 aliphatic rings. The summed E-state index contributed by atoms with van der Waals surface area (Å²) < 4.78 is 26.2. The molecule has 5 nitrogen and oxygen atoms in total. The molecule has 0 aromatic heterocycles. The molecule has 0 unspecified atom stereocenters. The number of aliphatic hydroxyl groups is 1. The third kappa shape index (κ3) is 3.46. The van der Waals surface area contributed by atoms with Gasteiger partial charge < -0.3 is 10.8 Å². The van der Waals surface area contributed by atoms with Crippen LogP contribution in [0.25, 0.3) is 0 Å². The molecule has 1 aromatic carbocycles. The van der Waals surface area contributed by atoms with Gasteiger partial charge in [0.25, 0.3) is 0 Å². The Labute approximate surface area is 115 Å². The molecular formula is C13H22N2O3S. The minimum atomic E-state index is -3.71. The summed E-state index contributed by atoms with van der Waals surface area (Å²) in [6, 6.07) is 3.38. The van der Waals surface area contributed by atoms with Crippen molar-refractivity contribution in [3.63, 3.8) is 0 Å². The van der Waals surface area contributed by atoms with Gasteiger partial charge in [0.05, 0.1) is 11.3 Å². The highest BCUT2D eigenvalue weighted by Crippen LogP contribution is 2.28. The Morgan fingerprint density at radius 2 is 1.84 bits per heavy atom. The maximum atomic E-state index is 12.5. The zero-order valence-corrected chi connectivity index (χ0v) is 12.9. The predicted molar refractivity (Wildman–Crippen MR) is 76.4 cm³/mol. The van der Waals surface area contributed by atoms with E-state index in [0.717, 1.165) is 9.87 Å². The highest BCUT2D eigenvalue weighted by atomic mass is 32.2. The Bertz CT molecular complexity index is 574. The van der Waals surface area contributed by atoms with Crippen molar-refractivity contribution in [2.45, 2.75) is 38.2 Å². The van der Waals surface area contributed by atoms with E-state index in [1.165, 1.54) is 7.05 Å². The second-order valence-corrected chi connectivity index (χ2v) is 7.48. The number of benzene rings is 1. The van der Waals surface area contributed by atoms with Crippen LogP contribution < -0.4 is 5.73 Å². The van der Waals surface area contributed by atoms with E-state index >= 15 is 0 Å². The van der Waals surface area contributed by atoms with Gasteiger partial charge in [0.1, 0.15) is 4.90 Å². The smallest absolute Gasteiger partial charge is 0.245 e. The van der Waals surface area contributed by atoms with Gasteiger partial charge in [-0.1, -0.05) is 6.07 Å². The molecule has 0 amide bonds. The van der Waals surface area contributed by atoms with E-state index < -0.39 is 15.6 Å². The van der Waals surface area contributed by atoms with Crippen molar-refractivity contribution in [1.82, 2.24) is 4.31 Å². The van der Waals surface area contributed by atoms with Gasteiger partial charge in [-0.15, -0.1) is 0 Å². The van der Waals surface area contributed by atoms with Gasteiger partial charge in [0, 0.05) is 13.6 Å². The number of anilines is 1. The number of nitrogens with zero attached hydrogens (tertiary/aromatic N) is 1. The van der Waals surface area contributed by atoms with E-state index in [-0.39, 0.29) is 17.1 Å². The molecule has 3 N–H and O–H groups in total. The summed E-state index contributed by atoms with van der Waals surface area (Å²) in [6.07, 6.45) is 0. The lowest BCUT2D eigenvalue weighted by Crippen LogP contribution is -2.40. The summed E-state index contributed by atoms with van der Waals surface area (Å²) in [4.78, 5) is 0.124. The van der Waals surface area contributed by atoms with Crippen LogP contribution in [-0.4, -0.2) is 37.0 Å². The number of hydrogen-bond acceptors (Lipinski definition) is 4. The fraction of sp³-hybridized carbons (Fsp3) is 0.538. The normalized spacial score (nSPS) is 13.0. The molecular weight excluding hydrogens is 264 g/mol. The van der Waals surface area contributed by atoms with E-state index in [1.54, 1.807) is 32.9 Å². The standard InChI is InChI=1S/C13H22N2O3S/c1-9-6-7-11(14)12(10(9)2)19(17,18)15(5)8-13(3,4)16/h6-7,16H,8,14H2,1-5H3. The molecule has 1 rings (SSSR count). The summed E-state index contributed by atoms with van der Waals surface area (Å²) in [5, 5.41) is 9.75. The van der Waals surface area contributed by atoms with E-state index in [1.807, 2.05) is 6.92 Å². The molecule has 0 radical (unpaired) electrons. The summed E-state index contributed by atoms with van der Waals surface area (Å²) in [7, 11) is -2.27. The van der Waals surface area contributed by atoms with Gasteiger partial charge in [0.2, 0.25) is 10.0 Å². The molecule has 19 heavy (non-hydrogen) atoms. The molecule has 0 spiro atoms. The lowest BCUT2D eigenvalue weighted by atomic mass is 10.1. The highest BCUT2D eigenvalue weighted by molar-refractivity contribution is 7.89. The van der Waals surface area contributed by atoms with Gasteiger partial charge >= 0.3 is 0 Å². The average molecular weight is 286 g/mol. The van der Waals surface area contributed by atoms with Crippen LogP contribution in [0.4, 0.5) is 5.69 Å². The number of hydrogen-bond donors (Lipinski definition) is 2. The van der Waals surface area contributed by atoms with Crippen LogP contribution >= 0.6 is 0 Å². The van der Waals surface area contributed by atoms with E-state index in [4.69, 9.17) is 5.73 Å². The van der Waals surface area contributed by atoms with Gasteiger partial charge in [-0.2, -0.15) is 4.31 Å². The van der Waals surface area contributed by atoms with E-state index in [9.17, 15) is 13.5 Å². The number of nitrogen functional groups attached to an aromatic ring is 1. The lowest BCUT2D eigenvalue weighted by molar-refractivity contribution is 0.0640. The van der Waals surface area contributed by atoms with Crippen LogP contribution in [0.3, 0.4) is 0 Å². The Morgan fingerprint density at radius 1 is 1.32 bits per heavy atom. The Morgan fingerprint density at radius 3 is 2.32 bits per heavy atom. The Kier molecular flexibility index (Phi) is 4.29. The first-order valence-electron chi connectivity index (χ1n) is 6.01. The lowest BCUT2D eigenvalue weighted by Gasteiger charge is -2.26. The SMILES string of the molecule is Cc1ccc(N)c(S(=O)(=O)N(C)CC(C)(C)O)c1C. The number of sulfonamides is 1. The molecule has 0 heterocycles. The van der Waals surface area contributed by atoms with Crippen molar-refractivity contribution >= 4 is 15.7 Å². The van der Waals surface area contributed by atoms with Crippen molar-refractivity contribution in [2.24, 2.45) is 0 Å². The summed E-state index contributed by atoms with van der Waals surface area (Å²) >= 11 is 0. The predicted octanol–water partition coefficient (Wildman–Crippen LogP) is 1.28. The summed E-state index contributed by atoms with van der Waals surface area (Å²) in [5.41, 5.74) is 6.44. The molecule has 0 saturated carbocycles. The molecule has 108 valence electrons. The van der Waals surface area contributed by atoms with Crippen molar-refractivity contribution in [3.05, 3.63) is 23.3 Å². The van der Waals surface area contributed by atoms with Crippen molar-refractivity contribution in [2.75, 3.05) is 19.3 Å². The highest BCUT2D eigenvalue weighted by Gasteiger charge is 2.29. The molecule has 0 aliphatic carbocycles.